The van der Waals surface area contributed by atoms with Gasteiger partial charge in [0.15, 0.2) is 0 Å². The first-order valence-corrected chi connectivity index (χ1v) is 5.65. The Labute approximate surface area is 94.1 Å². The van der Waals surface area contributed by atoms with E-state index in [2.05, 4.69) is 0 Å². The summed E-state index contributed by atoms with van der Waals surface area (Å²) < 4.78 is 13.0. The van der Waals surface area contributed by atoms with Crippen LogP contribution in [-0.4, -0.2) is 11.1 Å². The lowest BCUT2D eigenvalue weighted by atomic mass is 9.77. The summed E-state index contributed by atoms with van der Waals surface area (Å²) in [6.07, 6.45) is 4.05. The predicted octanol–water partition coefficient (Wildman–Crippen LogP) is 3.18. The zero-order valence-electron chi connectivity index (χ0n) is 9.03. The Kier molecular flexibility index (Phi) is 3.22. The third kappa shape index (κ3) is 2.40. The van der Waals surface area contributed by atoms with Gasteiger partial charge in [-0.05, 0) is 30.0 Å². The average molecular weight is 222 g/mol. The third-order valence-electron chi connectivity index (χ3n) is 3.34. The van der Waals surface area contributed by atoms with Crippen molar-refractivity contribution in [3.8, 4) is 0 Å². The van der Waals surface area contributed by atoms with Crippen molar-refractivity contribution in [3.05, 3.63) is 35.6 Å². The van der Waals surface area contributed by atoms with Crippen LogP contribution < -0.4 is 0 Å². The minimum atomic E-state index is -0.850. The van der Waals surface area contributed by atoms with Crippen LogP contribution in [0.1, 0.15) is 37.2 Å². The highest BCUT2D eigenvalue weighted by molar-refractivity contribution is 5.76. The van der Waals surface area contributed by atoms with E-state index in [0.717, 1.165) is 12.8 Å². The Morgan fingerprint density at radius 1 is 1.50 bits per heavy atom. The molecule has 1 saturated carbocycles. The topological polar surface area (TPSA) is 37.3 Å². The van der Waals surface area contributed by atoms with Crippen LogP contribution in [0.4, 0.5) is 4.39 Å². The third-order valence-corrected chi connectivity index (χ3v) is 3.34. The summed E-state index contributed by atoms with van der Waals surface area (Å²) in [4.78, 5) is 11.2. The lowest BCUT2D eigenvalue weighted by Gasteiger charge is -2.28. The maximum atomic E-state index is 13.0. The molecule has 1 N–H and O–H groups in total. The fraction of sp³-hybridized carbons (Fsp3) is 0.462. The highest BCUT2D eigenvalue weighted by Gasteiger charge is 2.27. The van der Waals surface area contributed by atoms with Crippen molar-refractivity contribution >= 4 is 5.97 Å². The SMILES string of the molecule is O=C(O)C(CC1CCC1)c1cccc(F)c1. The normalized spacial score (nSPS) is 17.8. The molecule has 1 aromatic carbocycles. The number of hydrogen-bond donors (Lipinski definition) is 1. The molecule has 2 nitrogen and oxygen atoms in total. The second kappa shape index (κ2) is 4.64. The highest BCUT2D eigenvalue weighted by Crippen LogP contribution is 2.36. The van der Waals surface area contributed by atoms with Crippen LogP contribution in [-0.2, 0) is 4.79 Å². The second-order valence-corrected chi connectivity index (χ2v) is 4.48. The van der Waals surface area contributed by atoms with Gasteiger partial charge in [-0.3, -0.25) is 4.79 Å². The van der Waals surface area contributed by atoms with Gasteiger partial charge in [0.25, 0.3) is 0 Å². The Bertz CT molecular complexity index is 385. The molecule has 0 heterocycles. The summed E-state index contributed by atoms with van der Waals surface area (Å²) in [5, 5.41) is 9.16. The van der Waals surface area contributed by atoms with Crippen molar-refractivity contribution < 1.29 is 14.3 Å². The minimum Gasteiger partial charge on any atom is -0.481 e. The number of benzene rings is 1. The molecule has 0 aliphatic heterocycles. The largest absolute Gasteiger partial charge is 0.481 e. The molecule has 1 aliphatic rings. The van der Waals surface area contributed by atoms with Gasteiger partial charge < -0.3 is 5.11 Å². The summed E-state index contributed by atoms with van der Waals surface area (Å²) in [6.45, 7) is 0. The Morgan fingerprint density at radius 2 is 2.25 bits per heavy atom. The Balaban J connectivity index is 2.14. The maximum Gasteiger partial charge on any atom is 0.310 e. The van der Waals surface area contributed by atoms with Crippen LogP contribution in [0.5, 0.6) is 0 Å². The molecular formula is C13H15FO2. The van der Waals surface area contributed by atoms with Crippen molar-refractivity contribution in [3.63, 3.8) is 0 Å². The van der Waals surface area contributed by atoms with Crippen LogP contribution in [0.25, 0.3) is 0 Å². The molecule has 0 radical (unpaired) electrons. The smallest absolute Gasteiger partial charge is 0.310 e. The molecule has 0 saturated heterocycles. The number of carboxylic acid groups (broad SMARTS) is 1. The van der Waals surface area contributed by atoms with Gasteiger partial charge in [-0.2, -0.15) is 0 Å². The van der Waals surface area contributed by atoms with Gasteiger partial charge in [-0.25, -0.2) is 4.39 Å². The van der Waals surface area contributed by atoms with E-state index in [1.165, 1.54) is 18.6 Å². The molecule has 1 aromatic rings. The first-order valence-electron chi connectivity index (χ1n) is 5.65. The average Bonchev–Trinajstić information content (AvgIpc) is 2.15. The molecule has 86 valence electrons. The van der Waals surface area contributed by atoms with Crippen molar-refractivity contribution in [2.24, 2.45) is 5.92 Å². The lowest BCUT2D eigenvalue weighted by Crippen LogP contribution is -2.20. The molecule has 16 heavy (non-hydrogen) atoms. The fourth-order valence-corrected chi connectivity index (χ4v) is 2.16. The highest BCUT2D eigenvalue weighted by atomic mass is 19.1. The van der Waals surface area contributed by atoms with Gasteiger partial charge in [-0.1, -0.05) is 31.4 Å². The van der Waals surface area contributed by atoms with E-state index in [1.807, 2.05) is 0 Å². The van der Waals surface area contributed by atoms with Crippen LogP contribution in [0.3, 0.4) is 0 Å². The van der Waals surface area contributed by atoms with Gasteiger partial charge in [0.2, 0.25) is 0 Å². The molecule has 3 heteroatoms. The molecular weight excluding hydrogens is 207 g/mol. The van der Waals surface area contributed by atoms with Crippen LogP contribution in [0, 0.1) is 11.7 Å². The zero-order chi connectivity index (χ0) is 11.5. The predicted molar refractivity (Wildman–Crippen MR) is 58.7 cm³/mol. The summed E-state index contributed by atoms with van der Waals surface area (Å²) in [6, 6.07) is 5.94. The molecule has 1 aliphatic carbocycles. The van der Waals surface area contributed by atoms with Crippen molar-refractivity contribution in [2.75, 3.05) is 0 Å². The monoisotopic (exact) mass is 222 g/mol. The van der Waals surface area contributed by atoms with E-state index in [0.29, 0.717) is 17.9 Å². The van der Waals surface area contributed by atoms with Gasteiger partial charge >= 0.3 is 5.97 Å². The van der Waals surface area contributed by atoms with E-state index in [4.69, 9.17) is 5.11 Å². The van der Waals surface area contributed by atoms with E-state index >= 15 is 0 Å². The van der Waals surface area contributed by atoms with Gasteiger partial charge in [0.05, 0.1) is 5.92 Å². The van der Waals surface area contributed by atoms with Crippen LogP contribution in [0.2, 0.25) is 0 Å². The lowest BCUT2D eigenvalue weighted by molar-refractivity contribution is -0.139. The summed E-state index contributed by atoms with van der Waals surface area (Å²) >= 11 is 0. The molecule has 1 unspecified atom stereocenters. The van der Waals surface area contributed by atoms with Gasteiger partial charge in [0, 0.05) is 0 Å². The number of carbonyl (C=O) groups is 1. The van der Waals surface area contributed by atoms with E-state index in [1.54, 1.807) is 12.1 Å². The van der Waals surface area contributed by atoms with E-state index in [-0.39, 0.29) is 5.82 Å². The zero-order valence-corrected chi connectivity index (χ0v) is 9.03. The number of hydrogen-bond acceptors (Lipinski definition) is 1. The molecule has 0 amide bonds. The van der Waals surface area contributed by atoms with Crippen LogP contribution >= 0.6 is 0 Å². The number of halogens is 1. The number of rotatable bonds is 4. The van der Waals surface area contributed by atoms with Crippen LogP contribution in [0.15, 0.2) is 24.3 Å². The fourth-order valence-electron chi connectivity index (χ4n) is 2.16. The molecule has 0 aromatic heterocycles. The molecule has 2 rings (SSSR count). The van der Waals surface area contributed by atoms with Crippen molar-refractivity contribution in [1.29, 1.82) is 0 Å². The quantitative estimate of drug-likeness (QED) is 0.849. The first-order chi connectivity index (χ1) is 7.66. The number of carboxylic acids is 1. The Hall–Kier alpha value is -1.38. The van der Waals surface area contributed by atoms with E-state index < -0.39 is 11.9 Å². The minimum absolute atomic E-state index is 0.364. The van der Waals surface area contributed by atoms with Crippen molar-refractivity contribution in [1.82, 2.24) is 0 Å². The summed E-state index contributed by atoms with van der Waals surface area (Å²) in [5.41, 5.74) is 0.583. The standard InChI is InChI=1S/C13H15FO2/c14-11-6-2-5-10(8-11)12(13(15)16)7-9-3-1-4-9/h2,5-6,8-9,12H,1,3-4,7H2,(H,15,16). The molecule has 1 atom stereocenters. The van der Waals surface area contributed by atoms with Crippen molar-refractivity contribution in [2.45, 2.75) is 31.6 Å². The van der Waals surface area contributed by atoms with E-state index in [9.17, 15) is 9.18 Å². The second-order valence-electron chi connectivity index (χ2n) is 4.48. The molecule has 0 spiro atoms. The molecule has 0 bridgehead atoms. The first kappa shape index (κ1) is 11.1. The van der Waals surface area contributed by atoms with Gasteiger partial charge in [-0.15, -0.1) is 0 Å². The summed E-state index contributed by atoms with van der Waals surface area (Å²) in [5.74, 6) is -1.26. The maximum absolute atomic E-state index is 13.0. The van der Waals surface area contributed by atoms with Gasteiger partial charge in [0.1, 0.15) is 5.82 Å². The Morgan fingerprint density at radius 3 is 2.75 bits per heavy atom. The number of aliphatic carboxylic acids is 1. The summed E-state index contributed by atoms with van der Waals surface area (Å²) in [7, 11) is 0. The molecule has 1 fully saturated rings.